The van der Waals surface area contributed by atoms with Gasteiger partial charge in [0, 0.05) is 17.7 Å². The molecular weight excluding hydrogens is 440 g/mol. The number of hydrogen-bond acceptors (Lipinski definition) is 3. The van der Waals surface area contributed by atoms with Gasteiger partial charge in [-0.25, -0.2) is 9.50 Å². The second-order valence-electron chi connectivity index (χ2n) is 7.26. The summed E-state index contributed by atoms with van der Waals surface area (Å²) in [4.78, 5) is 16.8. The normalized spacial score (nSPS) is 15.5. The zero-order valence-electron chi connectivity index (χ0n) is 15.6. The van der Waals surface area contributed by atoms with Gasteiger partial charge in [0.15, 0.2) is 17.0 Å². The average Bonchev–Trinajstić information content (AvgIpc) is 3.13. The van der Waals surface area contributed by atoms with Crippen molar-refractivity contribution in [2.45, 2.75) is 44.3 Å². The SMILES string of the molecule is O=C(NC1CCCCC1)c1cc2nc(-c3ccc(Cl)c(Cl)c3)cc(C(F)(F)F)n2n1. The number of aromatic nitrogens is 3. The van der Waals surface area contributed by atoms with Crippen molar-refractivity contribution in [2.75, 3.05) is 0 Å². The summed E-state index contributed by atoms with van der Waals surface area (Å²) in [5.41, 5.74) is -0.811. The van der Waals surface area contributed by atoms with E-state index in [9.17, 15) is 18.0 Å². The van der Waals surface area contributed by atoms with Gasteiger partial charge in [0.1, 0.15) is 0 Å². The molecule has 1 N–H and O–H groups in total. The van der Waals surface area contributed by atoms with E-state index < -0.39 is 17.8 Å². The van der Waals surface area contributed by atoms with Gasteiger partial charge in [-0.05, 0) is 31.0 Å². The molecule has 1 fully saturated rings. The van der Waals surface area contributed by atoms with E-state index in [1.165, 1.54) is 24.3 Å². The van der Waals surface area contributed by atoms with Gasteiger partial charge in [0.2, 0.25) is 0 Å². The summed E-state index contributed by atoms with van der Waals surface area (Å²) in [7, 11) is 0. The second kappa shape index (κ2) is 8.07. The number of halogens is 5. The molecule has 1 aliphatic rings. The van der Waals surface area contributed by atoms with Crippen molar-refractivity contribution in [3.05, 3.63) is 51.8 Å². The molecule has 0 bridgehead atoms. The third kappa shape index (κ3) is 4.25. The van der Waals surface area contributed by atoms with Crippen LogP contribution in [0.15, 0.2) is 30.3 Å². The Hall–Kier alpha value is -2.32. The smallest absolute Gasteiger partial charge is 0.348 e. The molecule has 5 nitrogen and oxygen atoms in total. The first-order chi connectivity index (χ1) is 14.2. The molecule has 1 aliphatic carbocycles. The number of hydrogen-bond donors (Lipinski definition) is 1. The summed E-state index contributed by atoms with van der Waals surface area (Å²) < 4.78 is 41.8. The first-order valence-corrected chi connectivity index (χ1v) is 10.2. The highest BCUT2D eigenvalue weighted by Gasteiger charge is 2.36. The Morgan fingerprint density at radius 2 is 1.80 bits per heavy atom. The Kier molecular flexibility index (Phi) is 5.63. The van der Waals surface area contributed by atoms with Gasteiger partial charge in [-0.1, -0.05) is 48.5 Å². The van der Waals surface area contributed by atoms with E-state index in [1.54, 1.807) is 0 Å². The van der Waals surface area contributed by atoms with Gasteiger partial charge in [-0.2, -0.15) is 18.3 Å². The highest BCUT2D eigenvalue weighted by Crippen LogP contribution is 2.34. The lowest BCUT2D eigenvalue weighted by atomic mass is 9.95. The van der Waals surface area contributed by atoms with Gasteiger partial charge in [-0.3, -0.25) is 4.79 Å². The average molecular weight is 457 g/mol. The molecule has 10 heteroatoms. The van der Waals surface area contributed by atoms with Crippen molar-refractivity contribution in [3.8, 4) is 11.3 Å². The van der Waals surface area contributed by atoms with E-state index in [4.69, 9.17) is 23.2 Å². The minimum Gasteiger partial charge on any atom is -0.348 e. The Balaban J connectivity index is 1.75. The van der Waals surface area contributed by atoms with Gasteiger partial charge in [0.05, 0.1) is 15.7 Å². The molecule has 3 aromatic rings. The molecule has 4 rings (SSSR count). The van der Waals surface area contributed by atoms with E-state index >= 15 is 0 Å². The number of carbonyl (C=O) groups is 1. The van der Waals surface area contributed by atoms with Crippen molar-refractivity contribution in [1.29, 1.82) is 0 Å². The van der Waals surface area contributed by atoms with Crippen LogP contribution in [-0.4, -0.2) is 26.5 Å². The van der Waals surface area contributed by atoms with E-state index in [2.05, 4.69) is 15.4 Å². The molecule has 2 aromatic heterocycles. The van der Waals surface area contributed by atoms with Crippen LogP contribution in [0.2, 0.25) is 10.0 Å². The fraction of sp³-hybridized carbons (Fsp3) is 0.350. The highest BCUT2D eigenvalue weighted by molar-refractivity contribution is 6.42. The van der Waals surface area contributed by atoms with E-state index in [0.29, 0.717) is 10.1 Å². The van der Waals surface area contributed by atoms with Crippen LogP contribution < -0.4 is 5.32 Å². The summed E-state index contributed by atoms with van der Waals surface area (Å²) in [6, 6.07) is 6.60. The maximum atomic E-state index is 13.7. The van der Waals surface area contributed by atoms with Crippen LogP contribution in [0.25, 0.3) is 16.9 Å². The van der Waals surface area contributed by atoms with Gasteiger partial charge in [-0.15, -0.1) is 0 Å². The van der Waals surface area contributed by atoms with Crippen LogP contribution in [0.4, 0.5) is 13.2 Å². The van der Waals surface area contributed by atoms with E-state index in [0.717, 1.165) is 38.2 Å². The fourth-order valence-corrected chi connectivity index (χ4v) is 3.90. The first kappa shape index (κ1) is 20.9. The largest absolute Gasteiger partial charge is 0.433 e. The third-order valence-electron chi connectivity index (χ3n) is 5.11. The van der Waals surface area contributed by atoms with E-state index in [-0.39, 0.29) is 33.1 Å². The molecule has 30 heavy (non-hydrogen) atoms. The number of carbonyl (C=O) groups excluding carboxylic acids is 1. The van der Waals surface area contributed by atoms with E-state index in [1.807, 2.05) is 0 Å². The summed E-state index contributed by atoms with van der Waals surface area (Å²) in [5, 5.41) is 7.22. The Labute approximate surface area is 180 Å². The summed E-state index contributed by atoms with van der Waals surface area (Å²) >= 11 is 11.9. The van der Waals surface area contributed by atoms with Crippen LogP contribution in [-0.2, 0) is 6.18 Å². The summed E-state index contributed by atoms with van der Waals surface area (Å²) in [6.07, 6.45) is 0.164. The lowest BCUT2D eigenvalue weighted by molar-refractivity contribution is -0.142. The van der Waals surface area contributed by atoms with Crippen LogP contribution in [0.1, 0.15) is 48.3 Å². The van der Waals surface area contributed by atoms with Crippen LogP contribution in [0.5, 0.6) is 0 Å². The minimum absolute atomic E-state index is 0.0119. The molecule has 2 heterocycles. The molecule has 0 spiro atoms. The minimum atomic E-state index is -4.70. The molecule has 158 valence electrons. The molecule has 0 atom stereocenters. The lowest BCUT2D eigenvalue weighted by Gasteiger charge is -2.22. The molecule has 1 aromatic carbocycles. The number of nitrogens with zero attached hydrogens (tertiary/aromatic N) is 3. The fourth-order valence-electron chi connectivity index (χ4n) is 3.60. The maximum Gasteiger partial charge on any atom is 0.433 e. The topological polar surface area (TPSA) is 59.3 Å². The highest BCUT2D eigenvalue weighted by atomic mass is 35.5. The van der Waals surface area contributed by atoms with Crippen molar-refractivity contribution >= 4 is 34.8 Å². The number of amides is 1. The number of benzene rings is 1. The van der Waals surface area contributed by atoms with Gasteiger partial charge >= 0.3 is 6.18 Å². The molecule has 1 saturated carbocycles. The van der Waals surface area contributed by atoms with Crippen LogP contribution >= 0.6 is 23.2 Å². The first-order valence-electron chi connectivity index (χ1n) is 9.46. The Morgan fingerprint density at radius 1 is 1.07 bits per heavy atom. The van der Waals surface area contributed by atoms with Crippen molar-refractivity contribution in [1.82, 2.24) is 19.9 Å². The molecule has 0 unspecified atom stereocenters. The Morgan fingerprint density at radius 3 is 2.47 bits per heavy atom. The van der Waals surface area contributed by atoms with Crippen LogP contribution in [0, 0.1) is 0 Å². The monoisotopic (exact) mass is 456 g/mol. The Bertz CT molecular complexity index is 1110. The van der Waals surface area contributed by atoms with Crippen molar-refractivity contribution in [2.24, 2.45) is 0 Å². The maximum absolute atomic E-state index is 13.7. The molecular formula is C20H17Cl2F3N4O. The molecule has 0 saturated heterocycles. The predicted octanol–water partition coefficient (Wildman–Crippen LogP) is 5.78. The zero-order valence-corrected chi connectivity index (χ0v) is 17.2. The number of fused-ring (bicyclic) bond motifs is 1. The number of rotatable bonds is 3. The molecule has 1 amide bonds. The second-order valence-corrected chi connectivity index (χ2v) is 8.08. The van der Waals surface area contributed by atoms with Gasteiger partial charge < -0.3 is 5.32 Å². The quantitative estimate of drug-likeness (QED) is 0.542. The standard InChI is InChI=1S/C20H17Cl2F3N4O/c21-13-7-6-11(8-14(13)22)15-9-17(20(23,24)25)29-18(27-15)10-16(28-29)19(30)26-12-4-2-1-3-5-12/h6-10,12H,1-5H2,(H,26,30). The van der Waals surface area contributed by atoms with Crippen LogP contribution in [0.3, 0.4) is 0 Å². The number of alkyl halides is 3. The summed E-state index contributed by atoms with van der Waals surface area (Å²) in [5.74, 6) is -0.503. The van der Waals surface area contributed by atoms with Gasteiger partial charge in [0.25, 0.3) is 5.91 Å². The molecule has 0 aliphatic heterocycles. The van der Waals surface area contributed by atoms with Crippen molar-refractivity contribution < 1.29 is 18.0 Å². The zero-order chi connectivity index (χ0) is 21.5. The molecule has 0 radical (unpaired) electrons. The number of nitrogens with one attached hydrogen (secondary N) is 1. The van der Waals surface area contributed by atoms with Crippen molar-refractivity contribution in [3.63, 3.8) is 0 Å². The lowest BCUT2D eigenvalue weighted by Crippen LogP contribution is -2.36. The summed E-state index contributed by atoms with van der Waals surface area (Å²) in [6.45, 7) is 0. The predicted molar refractivity (Wildman–Crippen MR) is 108 cm³/mol. The third-order valence-corrected chi connectivity index (χ3v) is 5.85.